The monoisotopic (exact) mass is 1080 g/mol. The van der Waals surface area contributed by atoms with E-state index in [2.05, 4.69) is 6.92 Å². The largest absolute Gasteiger partial charge is 0.458 e. The standard InChI is InChI=1S/C56H90O20/c1-27(2)28(3)21-41(58)73-40-26-39-52(9)17-16-35(22-34(52)15-18-55(39,62)56(63)20-19-54(61,33(8)57)53(40,56)10)72-42-23-36(64-11)47(30(5)68-42)74-43-24-37(65-12)48(31(6)69-43)75-44-25-38(66-13)49(32(7)70-44)76-51-46(60)50(67-14)45(59)29(4)71-51/h15,21,27,29-32,35-40,42-51,59-63H,16-20,22-26H2,1-14H3/b28-21+/t29-,30+,31+,32+,35+,36+,37+,38+,39+,40+,42-,43-,44-,45-,46-,47+,48+,49+,50+,51+,52-,53+,54+,55+,56-/m0/s1. The predicted molar refractivity (Wildman–Crippen MR) is 270 cm³/mol. The maximum atomic E-state index is 13.6. The summed E-state index contributed by atoms with van der Waals surface area (Å²) in [7, 11) is 6.24. The third kappa shape index (κ3) is 10.5. The molecule has 20 nitrogen and oxygen atoms in total. The highest BCUT2D eigenvalue weighted by Gasteiger charge is 2.81. The lowest BCUT2D eigenvalue weighted by Crippen LogP contribution is -2.78. The summed E-state index contributed by atoms with van der Waals surface area (Å²) in [6, 6.07) is 0. The molecular weight excluding hydrogens is 993 g/mol. The summed E-state index contributed by atoms with van der Waals surface area (Å²) in [5.74, 6) is -1.64. The molecule has 20 heteroatoms. The van der Waals surface area contributed by atoms with E-state index in [9.17, 15) is 35.1 Å². The van der Waals surface area contributed by atoms with Crippen LogP contribution < -0.4 is 0 Å². The van der Waals surface area contributed by atoms with E-state index in [-0.39, 0.29) is 37.7 Å². The highest BCUT2D eigenvalue weighted by molar-refractivity contribution is 5.87. The van der Waals surface area contributed by atoms with Crippen molar-refractivity contribution >= 4 is 11.8 Å². The number of rotatable bonds is 16. The van der Waals surface area contributed by atoms with Crippen LogP contribution in [0.25, 0.3) is 0 Å². The van der Waals surface area contributed by atoms with Crippen molar-refractivity contribution in [1.82, 2.24) is 0 Å². The van der Waals surface area contributed by atoms with E-state index in [0.29, 0.717) is 38.5 Å². The fourth-order valence-corrected chi connectivity index (χ4v) is 14.7. The van der Waals surface area contributed by atoms with Crippen LogP contribution in [0.4, 0.5) is 0 Å². The first kappa shape index (κ1) is 60.0. The van der Waals surface area contributed by atoms with Crippen molar-refractivity contribution in [2.75, 3.05) is 28.4 Å². The number of methoxy groups -OCH3 is 4. The van der Waals surface area contributed by atoms with Gasteiger partial charge in [0.2, 0.25) is 0 Å². The Bertz CT molecular complexity index is 2110. The van der Waals surface area contributed by atoms with Crippen LogP contribution in [0.3, 0.4) is 0 Å². The van der Waals surface area contributed by atoms with Gasteiger partial charge in [0.1, 0.15) is 59.5 Å². The lowest BCUT2D eigenvalue weighted by atomic mass is 9.42. The lowest BCUT2D eigenvalue weighted by Gasteiger charge is -2.67. The number of ketones is 1. The van der Waals surface area contributed by atoms with Crippen LogP contribution >= 0.6 is 0 Å². The Hall–Kier alpha value is -2.06. The molecule has 0 amide bonds. The third-order valence-electron chi connectivity index (χ3n) is 19.7. The normalized spacial score (nSPS) is 49.8. The molecule has 4 heterocycles. The van der Waals surface area contributed by atoms with Crippen molar-refractivity contribution in [2.24, 2.45) is 22.7 Å². The fourth-order valence-electron chi connectivity index (χ4n) is 14.7. The number of carbonyl (C=O) groups excluding carboxylic acids is 2. The number of esters is 1. The van der Waals surface area contributed by atoms with Crippen molar-refractivity contribution in [3.8, 4) is 0 Å². The van der Waals surface area contributed by atoms with E-state index in [1.807, 2.05) is 47.6 Å². The molecule has 0 radical (unpaired) electrons. The summed E-state index contributed by atoms with van der Waals surface area (Å²) >= 11 is 0. The molecule has 25 atom stereocenters. The zero-order chi connectivity index (χ0) is 55.6. The number of allylic oxidation sites excluding steroid dienone is 1. The van der Waals surface area contributed by atoms with Crippen LogP contribution in [0.15, 0.2) is 23.3 Å². The predicted octanol–water partition coefficient (Wildman–Crippen LogP) is 4.10. The van der Waals surface area contributed by atoms with E-state index < -0.39 is 156 Å². The van der Waals surface area contributed by atoms with Gasteiger partial charge in [-0.3, -0.25) is 4.79 Å². The van der Waals surface area contributed by atoms with Crippen molar-refractivity contribution in [1.29, 1.82) is 0 Å². The minimum Gasteiger partial charge on any atom is -0.458 e. The highest BCUT2D eigenvalue weighted by atomic mass is 16.8. The summed E-state index contributed by atoms with van der Waals surface area (Å²) in [6.45, 7) is 18.1. The molecule has 3 saturated carbocycles. The maximum absolute atomic E-state index is 13.6. The number of hydrogen-bond acceptors (Lipinski definition) is 20. The van der Waals surface area contributed by atoms with Gasteiger partial charge in [-0.15, -0.1) is 0 Å². The van der Waals surface area contributed by atoms with Crippen LogP contribution in [0.1, 0.15) is 133 Å². The second kappa shape index (κ2) is 23.1. The number of carbonyl (C=O) groups is 2. The number of ether oxygens (including phenoxy) is 13. The Labute approximate surface area is 448 Å². The van der Waals surface area contributed by atoms with E-state index >= 15 is 0 Å². The van der Waals surface area contributed by atoms with Gasteiger partial charge in [-0.05, 0) is 105 Å². The molecule has 0 aromatic heterocycles. The van der Waals surface area contributed by atoms with E-state index in [1.54, 1.807) is 35.2 Å². The molecule has 434 valence electrons. The van der Waals surface area contributed by atoms with Gasteiger partial charge in [0, 0.05) is 59.7 Å². The number of Topliss-reactive ketones (excluding diaryl/α,β-unsaturated/α-hetero) is 1. The van der Waals surface area contributed by atoms with Crippen LogP contribution in [0, 0.1) is 22.7 Å². The molecule has 5 N–H and O–H groups in total. The molecule has 7 fully saturated rings. The molecule has 0 unspecified atom stereocenters. The zero-order valence-electron chi connectivity index (χ0n) is 47.2. The van der Waals surface area contributed by atoms with Gasteiger partial charge < -0.3 is 87.1 Å². The molecule has 4 aliphatic heterocycles. The minimum absolute atomic E-state index is 0.0403. The van der Waals surface area contributed by atoms with Crippen LogP contribution in [-0.2, 0) is 71.2 Å². The molecular formula is C56H90O20. The molecule has 0 aromatic rings. The number of hydrogen-bond donors (Lipinski definition) is 5. The van der Waals surface area contributed by atoms with Gasteiger partial charge in [0.15, 0.2) is 30.9 Å². The second-order valence-electron chi connectivity index (χ2n) is 24.0. The molecule has 4 aliphatic carbocycles. The van der Waals surface area contributed by atoms with Crippen molar-refractivity contribution in [3.63, 3.8) is 0 Å². The van der Waals surface area contributed by atoms with Gasteiger partial charge in [0.05, 0.1) is 54.2 Å². The van der Waals surface area contributed by atoms with Crippen LogP contribution in [0.2, 0.25) is 0 Å². The topological polar surface area (TPSA) is 255 Å². The molecule has 76 heavy (non-hydrogen) atoms. The van der Waals surface area contributed by atoms with E-state index in [1.165, 1.54) is 20.1 Å². The quantitative estimate of drug-likeness (QED) is 0.0829. The molecule has 8 aliphatic rings. The summed E-state index contributed by atoms with van der Waals surface area (Å²) in [4.78, 5) is 26.9. The summed E-state index contributed by atoms with van der Waals surface area (Å²) in [6.07, 6.45) is -6.42. The lowest BCUT2D eigenvalue weighted by molar-refractivity contribution is -0.356. The third-order valence-corrected chi connectivity index (χ3v) is 19.7. The summed E-state index contributed by atoms with van der Waals surface area (Å²) in [5.41, 5.74) is -6.15. The Balaban J connectivity index is 0.878. The first-order valence-electron chi connectivity index (χ1n) is 27.7. The van der Waals surface area contributed by atoms with Crippen molar-refractivity contribution < 1.29 is 96.7 Å². The summed E-state index contributed by atoms with van der Waals surface area (Å²) < 4.78 is 81.0. The number of aliphatic hydroxyl groups excluding tert-OH is 2. The molecule has 0 aromatic carbocycles. The van der Waals surface area contributed by atoms with Gasteiger partial charge in [-0.1, -0.05) is 38.0 Å². The van der Waals surface area contributed by atoms with Crippen molar-refractivity contribution in [2.45, 2.75) is 267 Å². The van der Waals surface area contributed by atoms with Crippen molar-refractivity contribution in [3.05, 3.63) is 23.3 Å². The van der Waals surface area contributed by atoms with E-state index in [4.69, 9.17) is 61.6 Å². The smallest absolute Gasteiger partial charge is 0.330 e. The van der Waals surface area contributed by atoms with Gasteiger partial charge in [-0.2, -0.15) is 0 Å². The van der Waals surface area contributed by atoms with Gasteiger partial charge in [-0.25, -0.2) is 4.79 Å². The van der Waals surface area contributed by atoms with Gasteiger partial charge >= 0.3 is 5.97 Å². The SMILES string of the molecule is CO[C@H]1[C@H](O)[C@@H](O[C@@H]2[C@@H](C)O[C@@H](O[C@@H]3[C@@H](C)O[C@@H](O[C@@H]4[C@@H](C)O[C@@H](O[C@@H]5CC[C@@]6(C)C(=CC[C@@]7(O)[C@@H]6C[C@@H](OC(=O)/C=C(\C)C(C)C)[C@@]6(C)[C@@]7(O)CC[C@@]6(O)C(C)=O)C5)C[C@H]4OC)C[C@H]3OC)C[C@H]2OC)O[C@@H](C)[C@@H]1O. The molecule has 4 saturated heterocycles. The number of aliphatic hydroxyl groups is 5. The second-order valence-corrected chi connectivity index (χ2v) is 24.0. The molecule has 0 bridgehead atoms. The highest BCUT2D eigenvalue weighted by Crippen LogP contribution is 2.71. The number of fused-ring (bicyclic) bond motifs is 5. The molecule has 8 rings (SSSR count). The Kier molecular flexibility index (Phi) is 18.2. The summed E-state index contributed by atoms with van der Waals surface area (Å²) in [5, 5.41) is 59.4. The zero-order valence-corrected chi connectivity index (χ0v) is 47.2. The van der Waals surface area contributed by atoms with E-state index in [0.717, 1.165) is 11.1 Å². The Morgan fingerprint density at radius 3 is 1.70 bits per heavy atom. The minimum atomic E-state index is -2.03. The fraction of sp³-hybridized carbons (Fsp3) is 0.893. The average molecular weight is 1080 g/mol. The first-order chi connectivity index (χ1) is 35.7. The Morgan fingerprint density at radius 1 is 0.671 bits per heavy atom. The Morgan fingerprint density at radius 2 is 1.20 bits per heavy atom. The first-order valence-corrected chi connectivity index (χ1v) is 27.7. The van der Waals surface area contributed by atoms with Crippen LogP contribution in [0.5, 0.6) is 0 Å². The van der Waals surface area contributed by atoms with Gasteiger partial charge in [0.25, 0.3) is 0 Å². The van der Waals surface area contributed by atoms with Crippen LogP contribution in [-0.4, -0.2) is 199 Å². The average Bonchev–Trinajstić information content (AvgIpc) is 3.60. The maximum Gasteiger partial charge on any atom is 0.330 e. The molecule has 0 spiro atoms.